The molecule has 1 aliphatic carbocycles. The predicted octanol–water partition coefficient (Wildman–Crippen LogP) is 6.54. The van der Waals surface area contributed by atoms with Crippen molar-refractivity contribution >= 4 is 5.97 Å². The molecule has 1 N–H and O–H groups in total. The number of rotatable bonds is 5. The van der Waals surface area contributed by atoms with Crippen LogP contribution < -0.4 is 0 Å². The normalized spacial score (nSPS) is 19.9. The summed E-state index contributed by atoms with van der Waals surface area (Å²) in [5, 5.41) is 9.45. The van der Waals surface area contributed by atoms with E-state index in [1.54, 1.807) is 12.1 Å². The van der Waals surface area contributed by atoms with Crippen molar-refractivity contribution in [1.29, 1.82) is 0 Å². The van der Waals surface area contributed by atoms with Crippen LogP contribution >= 0.6 is 0 Å². The maximum absolute atomic E-state index is 13.7. The van der Waals surface area contributed by atoms with Crippen molar-refractivity contribution in [2.24, 2.45) is 5.92 Å². The zero-order chi connectivity index (χ0) is 19.6. The van der Waals surface area contributed by atoms with Gasteiger partial charge in [-0.15, -0.1) is 0 Å². The van der Waals surface area contributed by atoms with Crippen LogP contribution in [0.3, 0.4) is 0 Å². The lowest BCUT2D eigenvalue weighted by Gasteiger charge is -2.29. The summed E-state index contributed by atoms with van der Waals surface area (Å²) in [5.41, 5.74) is 1.16. The van der Waals surface area contributed by atoms with Crippen LogP contribution in [0.25, 0.3) is 11.1 Å². The molecule has 2 nitrogen and oxygen atoms in total. The second-order valence-corrected chi connectivity index (χ2v) is 7.37. The Balaban J connectivity index is 1.96. The minimum absolute atomic E-state index is 0.0327. The number of carboxylic acid groups (broad SMARTS) is 1. The van der Waals surface area contributed by atoms with Gasteiger partial charge in [-0.25, -0.2) is 18.0 Å². The third-order valence-corrected chi connectivity index (χ3v) is 5.58. The average molecular weight is 376 g/mol. The highest BCUT2D eigenvalue weighted by Crippen LogP contribution is 2.39. The second kappa shape index (κ2) is 8.15. The van der Waals surface area contributed by atoms with Crippen molar-refractivity contribution in [3.63, 3.8) is 0 Å². The molecule has 0 atom stereocenters. The molecule has 144 valence electrons. The Labute approximate surface area is 157 Å². The van der Waals surface area contributed by atoms with Gasteiger partial charge < -0.3 is 5.11 Å². The lowest BCUT2D eigenvalue weighted by molar-refractivity contribution is 0.0697. The van der Waals surface area contributed by atoms with Crippen LogP contribution in [0.15, 0.2) is 30.3 Å². The molecule has 3 rings (SSSR count). The summed E-state index contributed by atoms with van der Waals surface area (Å²) < 4.78 is 40.6. The van der Waals surface area contributed by atoms with E-state index in [1.807, 2.05) is 0 Å². The third kappa shape index (κ3) is 4.18. The fourth-order valence-electron chi connectivity index (χ4n) is 4.14. The molecule has 1 aliphatic rings. The smallest absolute Gasteiger partial charge is 0.336 e. The molecule has 0 heterocycles. The minimum Gasteiger partial charge on any atom is -0.478 e. The van der Waals surface area contributed by atoms with Gasteiger partial charge in [-0.1, -0.05) is 31.9 Å². The topological polar surface area (TPSA) is 37.3 Å². The number of hydrogen-bond acceptors (Lipinski definition) is 1. The van der Waals surface area contributed by atoms with Gasteiger partial charge in [0.1, 0.15) is 0 Å². The van der Waals surface area contributed by atoms with E-state index in [0.717, 1.165) is 49.3 Å². The first-order chi connectivity index (χ1) is 12.9. The van der Waals surface area contributed by atoms with Crippen LogP contribution in [0.4, 0.5) is 13.2 Å². The third-order valence-electron chi connectivity index (χ3n) is 5.58. The van der Waals surface area contributed by atoms with Gasteiger partial charge in [-0.05, 0) is 72.4 Å². The largest absolute Gasteiger partial charge is 0.478 e. The van der Waals surface area contributed by atoms with E-state index in [1.165, 1.54) is 18.9 Å². The molecular formula is C22H23F3O2. The Morgan fingerprint density at radius 3 is 2.22 bits per heavy atom. The molecule has 0 aliphatic heterocycles. The van der Waals surface area contributed by atoms with Gasteiger partial charge >= 0.3 is 5.97 Å². The maximum atomic E-state index is 13.7. The summed E-state index contributed by atoms with van der Waals surface area (Å²) in [6.07, 6.45) is 6.70. The molecule has 2 aromatic rings. The van der Waals surface area contributed by atoms with Gasteiger partial charge in [0, 0.05) is 0 Å². The molecule has 0 saturated heterocycles. The molecular weight excluding hydrogens is 353 g/mol. The van der Waals surface area contributed by atoms with Crippen LogP contribution in [0.2, 0.25) is 0 Å². The number of halogens is 3. The fourth-order valence-corrected chi connectivity index (χ4v) is 4.14. The molecule has 1 fully saturated rings. The molecule has 0 unspecified atom stereocenters. The standard InChI is InChI=1S/C22H23F3O2/c1-2-3-13-4-6-14(7-5-13)15-8-9-17(22(26)27)18(10-15)16-11-19(23)21(25)20(24)12-16/h8-14H,2-7H2,1H3,(H,26,27). The van der Waals surface area contributed by atoms with Gasteiger partial charge in [-0.3, -0.25) is 0 Å². The van der Waals surface area contributed by atoms with Crippen molar-refractivity contribution in [3.05, 3.63) is 58.9 Å². The van der Waals surface area contributed by atoms with E-state index < -0.39 is 23.4 Å². The molecule has 27 heavy (non-hydrogen) atoms. The quantitative estimate of drug-likeness (QED) is 0.601. The summed E-state index contributed by atoms with van der Waals surface area (Å²) >= 11 is 0. The van der Waals surface area contributed by atoms with Crippen LogP contribution in [0, 0.1) is 23.4 Å². The van der Waals surface area contributed by atoms with Crippen molar-refractivity contribution in [2.45, 2.75) is 51.4 Å². The Morgan fingerprint density at radius 1 is 1.04 bits per heavy atom. The van der Waals surface area contributed by atoms with Crippen LogP contribution in [-0.4, -0.2) is 11.1 Å². The first kappa shape index (κ1) is 19.5. The first-order valence-corrected chi connectivity index (χ1v) is 9.42. The molecule has 2 aromatic carbocycles. The van der Waals surface area contributed by atoms with Gasteiger partial charge in [0.25, 0.3) is 0 Å². The summed E-state index contributed by atoms with van der Waals surface area (Å²) in [4.78, 5) is 11.6. The molecule has 5 heteroatoms. The average Bonchev–Trinajstić information content (AvgIpc) is 2.66. The molecule has 0 spiro atoms. The zero-order valence-corrected chi connectivity index (χ0v) is 15.3. The fraction of sp³-hybridized carbons (Fsp3) is 0.409. The number of benzene rings is 2. The Bertz CT molecular complexity index is 816. The Morgan fingerprint density at radius 2 is 1.67 bits per heavy atom. The molecule has 0 amide bonds. The number of carboxylic acids is 1. The lowest BCUT2D eigenvalue weighted by atomic mass is 9.76. The summed E-state index contributed by atoms with van der Waals surface area (Å²) in [7, 11) is 0. The summed E-state index contributed by atoms with van der Waals surface area (Å²) in [5.74, 6) is -4.35. The highest BCUT2D eigenvalue weighted by atomic mass is 19.2. The van der Waals surface area contributed by atoms with E-state index >= 15 is 0 Å². The van der Waals surface area contributed by atoms with Crippen LogP contribution in [0.5, 0.6) is 0 Å². The molecule has 1 saturated carbocycles. The highest BCUT2D eigenvalue weighted by Gasteiger charge is 2.24. The highest BCUT2D eigenvalue weighted by molar-refractivity contribution is 5.96. The minimum atomic E-state index is -1.55. The molecule has 0 bridgehead atoms. The van der Waals surface area contributed by atoms with Crippen LogP contribution in [0.1, 0.15) is 67.3 Å². The van der Waals surface area contributed by atoms with Crippen molar-refractivity contribution in [3.8, 4) is 11.1 Å². The molecule has 0 radical (unpaired) electrons. The van der Waals surface area contributed by atoms with E-state index in [0.29, 0.717) is 5.92 Å². The van der Waals surface area contributed by atoms with Gasteiger partial charge in [0.15, 0.2) is 17.5 Å². The Kier molecular flexibility index (Phi) is 5.88. The van der Waals surface area contributed by atoms with Crippen molar-refractivity contribution < 1.29 is 23.1 Å². The predicted molar refractivity (Wildman–Crippen MR) is 98.3 cm³/mol. The van der Waals surface area contributed by atoms with E-state index in [4.69, 9.17) is 0 Å². The van der Waals surface area contributed by atoms with Crippen molar-refractivity contribution in [2.75, 3.05) is 0 Å². The number of carbonyl (C=O) groups is 1. The zero-order valence-electron chi connectivity index (χ0n) is 15.3. The van der Waals surface area contributed by atoms with E-state index in [-0.39, 0.29) is 16.7 Å². The second-order valence-electron chi connectivity index (χ2n) is 7.37. The number of aromatic carboxylic acids is 1. The Hall–Kier alpha value is -2.30. The summed E-state index contributed by atoms with van der Waals surface area (Å²) in [6.45, 7) is 2.18. The monoisotopic (exact) mass is 376 g/mol. The maximum Gasteiger partial charge on any atom is 0.336 e. The van der Waals surface area contributed by atoms with E-state index in [2.05, 4.69) is 6.92 Å². The van der Waals surface area contributed by atoms with Gasteiger partial charge in [0.05, 0.1) is 5.56 Å². The summed E-state index contributed by atoms with van der Waals surface area (Å²) in [6, 6.07) is 6.66. The van der Waals surface area contributed by atoms with Crippen LogP contribution in [-0.2, 0) is 0 Å². The van der Waals surface area contributed by atoms with Gasteiger partial charge in [0.2, 0.25) is 0 Å². The van der Waals surface area contributed by atoms with E-state index in [9.17, 15) is 23.1 Å². The van der Waals surface area contributed by atoms with Gasteiger partial charge in [-0.2, -0.15) is 0 Å². The SMILES string of the molecule is CCCC1CCC(c2ccc(C(=O)O)c(-c3cc(F)c(F)c(F)c3)c2)CC1. The van der Waals surface area contributed by atoms with Crippen molar-refractivity contribution in [1.82, 2.24) is 0 Å². The molecule has 0 aromatic heterocycles. The first-order valence-electron chi connectivity index (χ1n) is 9.42. The number of hydrogen-bond donors (Lipinski definition) is 1. The lowest BCUT2D eigenvalue weighted by Crippen LogP contribution is -2.13.